The van der Waals surface area contributed by atoms with Gasteiger partial charge in [-0.05, 0) is 31.9 Å². The van der Waals surface area contributed by atoms with Crippen LogP contribution in [-0.2, 0) is 11.2 Å². The van der Waals surface area contributed by atoms with Gasteiger partial charge >= 0.3 is 0 Å². The molecule has 0 unspecified atom stereocenters. The predicted molar refractivity (Wildman–Crippen MR) is 71.3 cm³/mol. The first-order valence-corrected chi connectivity index (χ1v) is 6.66. The van der Waals surface area contributed by atoms with Gasteiger partial charge in [0.05, 0.1) is 6.61 Å². The molecule has 2 nitrogen and oxygen atoms in total. The molecule has 1 aromatic carbocycles. The Bertz CT molecular complexity index is 331. The van der Waals surface area contributed by atoms with E-state index in [9.17, 15) is 0 Å². The van der Waals surface area contributed by atoms with E-state index in [2.05, 4.69) is 43.4 Å². The summed E-state index contributed by atoms with van der Waals surface area (Å²) >= 11 is 0. The van der Waals surface area contributed by atoms with E-state index in [0.717, 1.165) is 32.6 Å². The van der Waals surface area contributed by atoms with Crippen LogP contribution < -0.4 is 5.32 Å². The molecule has 1 N–H and O–H groups in total. The summed E-state index contributed by atoms with van der Waals surface area (Å²) < 4.78 is 5.61. The number of ether oxygens (including phenoxy) is 1. The fraction of sp³-hybridized carbons (Fsp3) is 0.600. The minimum Gasteiger partial charge on any atom is -0.381 e. The number of aryl methyl sites for hydroxylation is 1. The van der Waals surface area contributed by atoms with E-state index in [1.165, 1.54) is 11.1 Å². The largest absolute Gasteiger partial charge is 0.381 e. The molecule has 1 heterocycles. The maximum Gasteiger partial charge on any atom is 0.0512 e. The van der Waals surface area contributed by atoms with Crippen molar-refractivity contribution in [3.8, 4) is 0 Å². The van der Waals surface area contributed by atoms with Crippen molar-refractivity contribution >= 4 is 0 Å². The van der Waals surface area contributed by atoms with E-state index >= 15 is 0 Å². The van der Waals surface area contributed by atoms with Gasteiger partial charge in [-0.1, -0.05) is 36.8 Å². The number of hydrogen-bond acceptors (Lipinski definition) is 2. The molecular weight excluding hydrogens is 210 g/mol. The van der Waals surface area contributed by atoms with Crippen molar-refractivity contribution in [1.29, 1.82) is 0 Å². The Morgan fingerprint density at radius 3 is 2.76 bits per heavy atom. The summed E-state index contributed by atoms with van der Waals surface area (Å²) in [5.74, 6) is 0.617. The van der Waals surface area contributed by atoms with Crippen LogP contribution in [0.25, 0.3) is 0 Å². The third-order valence-corrected chi connectivity index (χ3v) is 3.56. The lowest BCUT2D eigenvalue weighted by Crippen LogP contribution is -2.43. The maximum absolute atomic E-state index is 5.61. The molecule has 2 rings (SSSR count). The van der Waals surface area contributed by atoms with Gasteiger partial charge in [-0.2, -0.15) is 0 Å². The summed E-state index contributed by atoms with van der Waals surface area (Å²) in [6.07, 6.45) is 2.27. The van der Waals surface area contributed by atoms with Crippen molar-refractivity contribution in [1.82, 2.24) is 5.32 Å². The number of hydrogen-bond donors (Lipinski definition) is 1. The summed E-state index contributed by atoms with van der Waals surface area (Å²) in [4.78, 5) is 0. The summed E-state index contributed by atoms with van der Waals surface area (Å²) in [5.41, 5.74) is 2.76. The Morgan fingerprint density at radius 1 is 1.29 bits per heavy atom. The highest BCUT2D eigenvalue weighted by Gasteiger charge is 2.24. The average Bonchev–Trinajstić information content (AvgIpc) is 2.35. The molecule has 17 heavy (non-hydrogen) atoms. The Balaban J connectivity index is 1.97. The molecule has 2 atom stereocenters. The predicted octanol–water partition coefficient (Wildman–Crippen LogP) is 2.55. The number of benzene rings is 1. The smallest absolute Gasteiger partial charge is 0.0512 e. The minimum atomic E-state index is 0.617. The molecule has 0 spiro atoms. The van der Waals surface area contributed by atoms with Gasteiger partial charge in [-0.15, -0.1) is 0 Å². The minimum absolute atomic E-state index is 0.617. The van der Waals surface area contributed by atoms with Crippen molar-refractivity contribution in [2.75, 3.05) is 19.8 Å². The van der Waals surface area contributed by atoms with Gasteiger partial charge in [0.1, 0.15) is 0 Å². The third kappa shape index (κ3) is 3.55. The Labute approximate surface area is 104 Å². The molecule has 0 saturated carbocycles. The molecule has 0 aliphatic carbocycles. The molecular formula is C15H23NO. The summed E-state index contributed by atoms with van der Waals surface area (Å²) in [6, 6.07) is 9.50. The summed E-state index contributed by atoms with van der Waals surface area (Å²) in [5, 5.41) is 3.59. The van der Waals surface area contributed by atoms with Crippen LogP contribution in [0.2, 0.25) is 0 Å². The molecule has 0 amide bonds. The van der Waals surface area contributed by atoms with E-state index in [-0.39, 0.29) is 0 Å². The fourth-order valence-electron chi connectivity index (χ4n) is 2.56. The monoisotopic (exact) mass is 233 g/mol. The van der Waals surface area contributed by atoms with Crippen LogP contribution >= 0.6 is 0 Å². The van der Waals surface area contributed by atoms with Crippen LogP contribution in [0.3, 0.4) is 0 Å². The van der Waals surface area contributed by atoms with Crippen molar-refractivity contribution in [2.24, 2.45) is 5.92 Å². The Morgan fingerprint density at radius 2 is 2.06 bits per heavy atom. The molecule has 94 valence electrons. The highest BCUT2D eigenvalue weighted by Crippen LogP contribution is 2.20. The fourth-order valence-corrected chi connectivity index (χ4v) is 2.56. The first kappa shape index (κ1) is 12.6. The molecule has 0 bridgehead atoms. The van der Waals surface area contributed by atoms with Crippen LogP contribution in [0.15, 0.2) is 24.3 Å². The second kappa shape index (κ2) is 6.18. The molecule has 0 aromatic heterocycles. The van der Waals surface area contributed by atoms with Gasteiger partial charge in [-0.25, -0.2) is 0 Å². The SMILES string of the molecule is CCN[C@@H]1CCOC[C@@H]1Cc1ccc(C)cc1. The highest BCUT2D eigenvalue weighted by atomic mass is 16.5. The highest BCUT2D eigenvalue weighted by molar-refractivity contribution is 5.22. The van der Waals surface area contributed by atoms with Crippen LogP contribution in [0.4, 0.5) is 0 Å². The summed E-state index contributed by atoms with van der Waals surface area (Å²) in [6.45, 7) is 7.16. The van der Waals surface area contributed by atoms with Crippen molar-refractivity contribution < 1.29 is 4.74 Å². The van der Waals surface area contributed by atoms with Crippen molar-refractivity contribution in [3.63, 3.8) is 0 Å². The van der Waals surface area contributed by atoms with Gasteiger partial charge in [0.25, 0.3) is 0 Å². The number of rotatable bonds is 4. The first-order chi connectivity index (χ1) is 8.29. The van der Waals surface area contributed by atoms with E-state index < -0.39 is 0 Å². The van der Waals surface area contributed by atoms with Gasteiger partial charge in [-0.3, -0.25) is 0 Å². The van der Waals surface area contributed by atoms with Crippen LogP contribution in [-0.4, -0.2) is 25.8 Å². The molecule has 1 aliphatic heterocycles. The second-order valence-electron chi connectivity index (χ2n) is 4.98. The van der Waals surface area contributed by atoms with Gasteiger partial charge in [0.2, 0.25) is 0 Å². The zero-order chi connectivity index (χ0) is 12.1. The van der Waals surface area contributed by atoms with E-state index in [4.69, 9.17) is 4.74 Å². The lowest BCUT2D eigenvalue weighted by molar-refractivity contribution is 0.0327. The molecule has 0 radical (unpaired) electrons. The Kier molecular flexibility index (Phi) is 4.57. The normalized spacial score (nSPS) is 24.8. The van der Waals surface area contributed by atoms with Crippen LogP contribution in [0.1, 0.15) is 24.5 Å². The van der Waals surface area contributed by atoms with E-state index in [0.29, 0.717) is 12.0 Å². The summed E-state index contributed by atoms with van der Waals surface area (Å²) in [7, 11) is 0. The molecule has 1 saturated heterocycles. The molecule has 1 aliphatic rings. The molecule has 1 aromatic rings. The van der Waals surface area contributed by atoms with Crippen LogP contribution in [0, 0.1) is 12.8 Å². The first-order valence-electron chi connectivity index (χ1n) is 6.66. The maximum atomic E-state index is 5.61. The Hall–Kier alpha value is -0.860. The lowest BCUT2D eigenvalue weighted by atomic mass is 9.89. The lowest BCUT2D eigenvalue weighted by Gasteiger charge is -2.32. The van der Waals surface area contributed by atoms with Crippen molar-refractivity contribution in [2.45, 2.75) is 32.7 Å². The zero-order valence-electron chi connectivity index (χ0n) is 10.9. The zero-order valence-corrected chi connectivity index (χ0v) is 10.9. The quantitative estimate of drug-likeness (QED) is 0.863. The van der Waals surface area contributed by atoms with E-state index in [1.54, 1.807) is 0 Å². The number of nitrogens with one attached hydrogen (secondary N) is 1. The van der Waals surface area contributed by atoms with Gasteiger partial charge < -0.3 is 10.1 Å². The third-order valence-electron chi connectivity index (χ3n) is 3.56. The topological polar surface area (TPSA) is 21.3 Å². The van der Waals surface area contributed by atoms with Crippen molar-refractivity contribution in [3.05, 3.63) is 35.4 Å². The van der Waals surface area contributed by atoms with Gasteiger partial charge in [0, 0.05) is 18.6 Å². The standard InChI is InChI=1S/C15H23NO/c1-3-16-15-8-9-17-11-14(15)10-13-6-4-12(2)5-7-13/h4-7,14-16H,3,8-11H2,1-2H3/t14-,15+/m0/s1. The molecule has 2 heteroatoms. The average molecular weight is 233 g/mol. The second-order valence-corrected chi connectivity index (χ2v) is 4.98. The van der Waals surface area contributed by atoms with E-state index in [1.807, 2.05) is 0 Å². The molecule has 1 fully saturated rings. The van der Waals surface area contributed by atoms with Gasteiger partial charge in [0.15, 0.2) is 0 Å². The van der Waals surface area contributed by atoms with Crippen LogP contribution in [0.5, 0.6) is 0 Å².